The molecule has 0 saturated carbocycles. The number of hydrogen-bond donors (Lipinski definition) is 2. The van der Waals surface area contributed by atoms with Crippen molar-refractivity contribution in [3.05, 3.63) is 72.4 Å². The quantitative estimate of drug-likeness (QED) is 0.326. The first-order chi connectivity index (χ1) is 19.3. The Morgan fingerprint density at radius 1 is 0.950 bits per heavy atom. The number of piperidine rings is 1. The van der Waals surface area contributed by atoms with Crippen LogP contribution in [-0.4, -0.2) is 61.4 Å². The summed E-state index contributed by atoms with van der Waals surface area (Å²) in [5.74, 6) is 2.06. The molecule has 40 heavy (non-hydrogen) atoms. The Kier molecular flexibility index (Phi) is 6.45. The summed E-state index contributed by atoms with van der Waals surface area (Å²) in [6.45, 7) is 6.64. The lowest BCUT2D eigenvalue weighted by atomic mass is 10.0. The van der Waals surface area contributed by atoms with Crippen molar-refractivity contribution in [1.82, 2.24) is 30.0 Å². The highest BCUT2D eigenvalue weighted by atomic mass is 16.6. The number of carbonyl (C=O) groups is 2. The molecule has 10 nitrogen and oxygen atoms in total. The number of rotatable bonds is 3. The molecule has 0 atom stereocenters. The van der Waals surface area contributed by atoms with Gasteiger partial charge in [0.2, 0.25) is 0 Å². The van der Waals surface area contributed by atoms with Crippen LogP contribution in [0.1, 0.15) is 44.0 Å². The summed E-state index contributed by atoms with van der Waals surface area (Å²) in [4.78, 5) is 31.7. The Morgan fingerprint density at radius 3 is 2.42 bits per heavy atom. The average molecular weight is 538 g/mol. The minimum atomic E-state index is -0.542. The second-order valence-corrected chi connectivity index (χ2v) is 11.0. The van der Waals surface area contributed by atoms with E-state index < -0.39 is 11.7 Å². The first-order valence-corrected chi connectivity index (χ1v) is 13.4. The third-order valence-corrected chi connectivity index (χ3v) is 7.00. The Balaban J connectivity index is 1.20. The Morgan fingerprint density at radius 2 is 1.68 bits per heavy atom. The van der Waals surface area contributed by atoms with Crippen molar-refractivity contribution in [3.63, 3.8) is 0 Å². The zero-order chi connectivity index (χ0) is 27.9. The fraction of sp³-hybridized carbons (Fsp3) is 0.300. The van der Waals surface area contributed by atoms with E-state index in [2.05, 4.69) is 25.8 Å². The largest absolute Gasteiger partial charge is 0.444 e. The second-order valence-electron chi connectivity index (χ2n) is 11.0. The predicted octanol–water partition coefficient (Wildman–Crippen LogP) is 5.18. The van der Waals surface area contributed by atoms with Crippen LogP contribution in [0.3, 0.4) is 0 Å². The van der Waals surface area contributed by atoms with E-state index in [0.717, 1.165) is 22.5 Å². The normalized spacial score (nSPS) is 14.7. The molecule has 0 unspecified atom stereocenters. The van der Waals surface area contributed by atoms with Gasteiger partial charge in [-0.3, -0.25) is 9.36 Å². The topological polar surface area (TPSA) is 114 Å². The van der Waals surface area contributed by atoms with E-state index in [9.17, 15) is 9.59 Å². The molecular weight excluding hydrogens is 506 g/mol. The summed E-state index contributed by atoms with van der Waals surface area (Å²) in [5.41, 5.74) is 3.58. The van der Waals surface area contributed by atoms with E-state index in [1.807, 2.05) is 90.9 Å². The number of likely N-dealkylation sites (tertiary alicyclic amines) is 1. The van der Waals surface area contributed by atoms with E-state index in [1.165, 1.54) is 0 Å². The molecule has 0 spiro atoms. The molecule has 2 amide bonds. The minimum absolute atomic E-state index is 0.0125. The van der Waals surface area contributed by atoms with Crippen LogP contribution < -0.4 is 10.6 Å². The number of pyridine rings is 1. The van der Waals surface area contributed by atoms with Gasteiger partial charge in [0.25, 0.3) is 5.91 Å². The van der Waals surface area contributed by atoms with Gasteiger partial charge >= 0.3 is 6.09 Å². The molecule has 4 aromatic rings. The molecular formula is C30H31N7O3. The highest BCUT2D eigenvalue weighted by Crippen LogP contribution is 2.39. The molecule has 10 heteroatoms. The van der Waals surface area contributed by atoms with Gasteiger partial charge in [-0.1, -0.05) is 24.3 Å². The molecule has 0 bridgehead atoms. The van der Waals surface area contributed by atoms with Crippen LogP contribution in [-0.2, 0) is 4.74 Å². The lowest BCUT2D eigenvalue weighted by Crippen LogP contribution is -2.47. The molecule has 6 rings (SSSR count). The van der Waals surface area contributed by atoms with Crippen LogP contribution in [0.25, 0.3) is 28.5 Å². The maximum Gasteiger partial charge on any atom is 0.407 e. The van der Waals surface area contributed by atoms with E-state index in [1.54, 1.807) is 6.20 Å². The molecule has 0 aliphatic carbocycles. The maximum atomic E-state index is 13.3. The van der Waals surface area contributed by atoms with E-state index in [0.29, 0.717) is 49.0 Å². The molecule has 2 aliphatic rings. The third-order valence-electron chi connectivity index (χ3n) is 7.00. The lowest BCUT2D eigenvalue weighted by molar-refractivity contribution is 0.0473. The smallest absolute Gasteiger partial charge is 0.407 e. The molecule has 1 saturated heterocycles. The van der Waals surface area contributed by atoms with Crippen molar-refractivity contribution in [2.45, 2.75) is 45.3 Å². The van der Waals surface area contributed by atoms with Crippen LogP contribution in [0, 0.1) is 0 Å². The van der Waals surface area contributed by atoms with Crippen LogP contribution >= 0.6 is 0 Å². The van der Waals surface area contributed by atoms with Crippen LogP contribution in [0.2, 0.25) is 0 Å². The molecule has 2 aromatic heterocycles. The number of hydrogen-bond acceptors (Lipinski definition) is 7. The number of fused-ring (bicyclic) bond motifs is 5. The van der Waals surface area contributed by atoms with Crippen molar-refractivity contribution in [2.24, 2.45) is 0 Å². The maximum absolute atomic E-state index is 13.3. The van der Waals surface area contributed by atoms with Gasteiger partial charge in [-0.15, -0.1) is 10.2 Å². The van der Waals surface area contributed by atoms with Crippen LogP contribution in [0.5, 0.6) is 0 Å². The number of para-hydroxylation sites is 1. The van der Waals surface area contributed by atoms with Gasteiger partial charge in [0.15, 0.2) is 17.5 Å². The second kappa shape index (κ2) is 10.1. The summed E-state index contributed by atoms with van der Waals surface area (Å²) < 4.78 is 7.36. The third kappa shape index (κ3) is 5.00. The lowest BCUT2D eigenvalue weighted by Gasteiger charge is -2.33. The first kappa shape index (κ1) is 25.5. The number of carbonyl (C=O) groups excluding carboxylic acids is 2. The van der Waals surface area contributed by atoms with Crippen molar-refractivity contribution >= 4 is 23.5 Å². The van der Waals surface area contributed by atoms with Crippen molar-refractivity contribution in [2.75, 3.05) is 18.4 Å². The van der Waals surface area contributed by atoms with Gasteiger partial charge in [-0.2, -0.15) is 0 Å². The minimum Gasteiger partial charge on any atom is -0.444 e. The van der Waals surface area contributed by atoms with Crippen molar-refractivity contribution in [3.8, 4) is 28.5 Å². The van der Waals surface area contributed by atoms with E-state index >= 15 is 0 Å². The molecule has 2 aromatic carbocycles. The number of ether oxygens (including phenoxy) is 1. The molecule has 1 fully saturated rings. The van der Waals surface area contributed by atoms with Gasteiger partial charge in [-0.05, 0) is 70.0 Å². The number of aromatic nitrogens is 4. The Hall–Kier alpha value is -4.73. The van der Waals surface area contributed by atoms with Gasteiger partial charge in [-0.25, -0.2) is 9.78 Å². The highest BCUT2D eigenvalue weighted by molar-refractivity contribution is 5.95. The highest BCUT2D eigenvalue weighted by Gasteiger charge is 2.28. The van der Waals surface area contributed by atoms with Crippen LogP contribution in [0.15, 0.2) is 66.9 Å². The number of amides is 2. The van der Waals surface area contributed by atoms with Crippen molar-refractivity contribution < 1.29 is 14.3 Å². The summed E-state index contributed by atoms with van der Waals surface area (Å²) >= 11 is 0. The van der Waals surface area contributed by atoms with Gasteiger partial charge in [0, 0.05) is 42.0 Å². The molecule has 4 heterocycles. The number of benzene rings is 2. The van der Waals surface area contributed by atoms with Crippen LogP contribution in [0.4, 0.5) is 16.3 Å². The Labute approximate surface area is 232 Å². The Bertz CT molecular complexity index is 1560. The van der Waals surface area contributed by atoms with E-state index in [4.69, 9.17) is 4.74 Å². The zero-order valence-electron chi connectivity index (χ0n) is 22.7. The molecule has 204 valence electrons. The number of nitrogens with zero attached hydrogens (tertiary/aromatic N) is 5. The average Bonchev–Trinajstić information content (AvgIpc) is 3.32. The van der Waals surface area contributed by atoms with Crippen molar-refractivity contribution in [1.29, 1.82) is 0 Å². The molecule has 2 aliphatic heterocycles. The molecule has 2 N–H and O–H groups in total. The zero-order valence-corrected chi connectivity index (χ0v) is 22.7. The monoisotopic (exact) mass is 537 g/mol. The first-order valence-electron chi connectivity index (χ1n) is 13.4. The number of alkyl carbamates (subject to hydrolysis) is 1. The standard InChI is InChI=1S/C30H31N7O3/c1-30(2,3)40-29(39)32-21-14-17-36(18-15-21)28(38)20-12-10-19(11-13-20)26-34-35-27-22-7-4-5-8-23(22)33-25-24(37(26)27)9-6-16-31-25/h4-13,16,21H,14-15,17-18H2,1-3H3,(H,31,33)(H,32,39). The fourth-order valence-electron chi connectivity index (χ4n) is 5.11. The number of anilines is 2. The summed E-state index contributed by atoms with van der Waals surface area (Å²) in [5, 5.41) is 15.4. The SMILES string of the molecule is CC(C)(C)OC(=O)NC1CCN(C(=O)c2ccc(-c3nnc4n3-c3cccnc3Nc3ccccc3-4)cc2)CC1. The van der Waals surface area contributed by atoms with E-state index in [-0.39, 0.29) is 11.9 Å². The van der Waals surface area contributed by atoms with Gasteiger partial charge in [0.1, 0.15) is 5.60 Å². The fourth-order valence-corrected chi connectivity index (χ4v) is 5.11. The predicted molar refractivity (Wildman–Crippen MR) is 152 cm³/mol. The summed E-state index contributed by atoms with van der Waals surface area (Å²) in [6, 6.07) is 19.3. The summed E-state index contributed by atoms with van der Waals surface area (Å²) in [6.07, 6.45) is 2.69. The molecule has 0 radical (unpaired) electrons. The van der Waals surface area contributed by atoms with Gasteiger partial charge < -0.3 is 20.3 Å². The summed E-state index contributed by atoms with van der Waals surface area (Å²) in [7, 11) is 0. The number of nitrogens with one attached hydrogen (secondary N) is 2. The van der Waals surface area contributed by atoms with Gasteiger partial charge in [0.05, 0.1) is 11.4 Å².